The molecular weight excluding hydrogens is 278 g/mol. The molecule has 0 aromatic heterocycles. The highest BCUT2D eigenvalue weighted by molar-refractivity contribution is 7.89. The van der Waals surface area contributed by atoms with Crippen molar-refractivity contribution >= 4 is 10.0 Å². The van der Waals surface area contributed by atoms with Gasteiger partial charge in [0, 0.05) is 12.6 Å². The topological polar surface area (TPSA) is 66.8 Å². The fraction of sp³-hybridized carbons (Fsp3) is 0.571. The van der Waals surface area contributed by atoms with Crippen molar-refractivity contribution in [1.29, 1.82) is 0 Å². The average molecular weight is 299 g/mol. The Morgan fingerprint density at radius 3 is 2.65 bits per heavy atom. The molecule has 20 heavy (non-hydrogen) atoms. The molecule has 5 nitrogen and oxygen atoms in total. The highest BCUT2D eigenvalue weighted by atomic mass is 32.2. The van der Waals surface area contributed by atoms with Crippen molar-refractivity contribution in [3.63, 3.8) is 0 Å². The Morgan fingerprint density at radius 1 is 1.35 bits per heavy atom. The van der Waals surface area contributed by atoms with Crippen molar-refractivity contribution in [3.8, 4) is 5.75 Å². The number of hydrogen-bond acceptors (Lipinski definition) is 4. The molecule has 1 unspecified atom stereocenters. The number of nitrogens with zero attached hydrogens (tertiary/aromatic N) is 1. The Balaban J connectivity index is 2.17. The summed E-state index contributed by atoms with van der Waals surface area (Å²) in [5.74, 6) is 0.672. The molecule has 1 N–H and O–H groups in total. The van der Waals surface area contributed by atoms with Gasteiger partial charge in [0.05, 0.1) is 18.1 Å². The third kappa shape index (κ3) is 3.13. The Morgan fingerprint density at radius 2 is 2.05 bits per heavy atom. The standard InChI is InChI=1S/C14H21NO4S/c1-2-10-19-13-5-7-14(8-6-13)20(17,18)15-9-3-4-12(15)11-16/h5-8,12,16H,2-4,9-11H2,1H3. The molecular formula is C14H21NO4S. The second-order valence-corrected chi connectivity index (χ2v) is 6.80. The normalized spacial score (nSPS) is 20.2. The van der Waals surface area contributed by atoms with Gasteiger partial charge in [-0.3, -0.25) is 0 Å². The second-order valence-electron chi connectivity index (χ2n) is 4.91. The van der Waals surface area contributed by atoms with Gasteiger partial charge in [-0.05, 0) is 43.5 Å². The van der Waals surface area contributed by atoms with Crippen LogP contribution in [0.3, 0.4) is 0 Å². The number of aliphatic hydroxyl groups is 1. The lowest BCUT2D eigenvalue weighted by Gasteiger charge is -2.22. The van der Waals surface area contributed by atoms with Gasteiger partial charge in [0.1, 0.15) is 5.75 Å². The first-order valence-electron chi connectivity index (χ1n) is 6.95. The number of benzene rings is 1. The Bertz CT molecular complexity index is 527. The quantitative estimate of drug-likeness (QED) is 0.867. The second kappa shape index (κ2) is 6.56. The summed E-state index contributed by atoms with van der Waals surface area (Å²) in [4.78, 5) is 0.252. The van der Waals surface area contributed by atoms with Crippen molar-refractivity contribution in [3.05, 3.63) is 24.3 Å². The summed E-state index contributed by atoms with van der Waals surface area (Å²) in [6.07, 6.45) is 2.42. The number of hydrogen-bond donors (Lipinski definition) is 1. The van der Waals surface area contributed by atoms with Crippen LogP contribution in [0.25, 0.3) is 0 Å². The molecule has 0 bridgehead atoms. The molecule has 1 aromatic carbocycles. The molecule has 1 fully saturated rings. The molecule has 1 atom stereocenters. The van der Waals surface area contributed by atoms with Crippen molar-refractivity contribution in [2.24, 2.45) is 0 Å². The summed E-state index contributed by atoms with van der Waals surface area (Å²) in [6.45, 7) is 2.98. The fourth-order valence-electron chi connectivity index (χ4n) is 2.37. The minimum atomic E-state index is -3.52. The van der Waals surface area contributed by atoms with E-state index in [1.165, 1.54) is 4.31 Å². The Hall–Kier alpha value is -1.11. The highest BCUT2D eigenvalue weighted by Gasteiger charge is 2.34. The maximum absolute atomic E-state index is 12.5. The van der Waals surface area contributed by atoms with Crippen molar-refractivity contribution in [2.75, 3.05) is 19.8 Å². The number of aliphatic hydroxyl groups excluding tert-OH is 1. The average Bonchev–Trinajstić information content (AvgIpc) is 2.95. The lowest BCUT2D eigenvalue weighted by atomic mass is 10.2. The molecule has 1 saturated heterocycles. The minimum absolute atomic E-state index is 0.128. The lowest BCUT2D eigenvalue weighted by molar-refractivity contribution is 0.213. The minimum Gasteiger partial charge on any atom is -0.494 e. The van der Waals surface area contributed by atoms with E-state index in [0.29, 0.717) is 25.3 Å². The van der Waals surface area contributed by atoms with Gasteiger partial charge in [-0.2, -0.15) is 4.31 Å². The zero-order valence-electron chi connectivity index (χ0n) is 11.7. The molecule has 6 heteroatoms. The van der Waals surface area contributed by atoms with E-state index in [0.717, 1.165) is 12.8 Å². The molecule has 0 amide bonds. The third-order valence-electron chi connectivity index (χ3n) is 3.44. The number of ether oxygens (including phenoxy) is 1. The zero-order chi connectivity index (χ0) is 14.6. The summed E-state index contributed by atoms with van der Waals surface area (Å²) >= 11 is 0. The highest BCUT2D eigenvalue weighted by Crippen LogP contribution is 2.26. The fourth-order valence-corrected chi connectivity index (χ4v) is 4.06. The molecule has 1 aromatic rings. The number of sulfonamides is 1. The van der Waals surface area contributed by atoms with E-state index >= 15 is 0 Å². The van der Waals surface area contributed by atoms with Crippen LogP contribution >= 0.6 is 0 Å². The molecule has 2 rings (SSSR count). The van der Waals surface area contributed by atoms with Crippen LogP contribution in [-0.4, -0.2) is 43.6 Å². The van der Waals surface area contributed by atoms with Gasteiger partial charge in [-0.25, -0.2) is 8.42 Å². The van der Waals surface area contributed by atoms with Gasteiger partial charge >= 0.3 is 0 Å². The van der Waals surface area contributed by atoms with Gasteiger partial charge in [0.15, 0.2) is 0 Å². The van der Waals surface area contributed by atoms with Crippen LogP contribution in [-0.2, 0) is 10.0 Å². The molecule has 0 aliphatic carbocycles. The first kappa shape index (κ1) is 15.3. The van der Waals surface area contributed by atoms with Crippen LogP contribution < -0.4 is 4.74 Å². The predicted octanol–water partition coefficient (Wildman–Crippen LogP) is 1.62. The first-order chi connectivity index (χ1) is 9.59. The summed E-state index contributed by atoms with van der Waals surface area (Å²) in [6, 6.07) is 6.18. The van der Waals surface area contributed by atoms with Crippen LogP contribution in [0.15, 0.2) is 29.2 Å². The molecule has 0 saturated carbocycles. The van der Waals surface area contributed by atoms with Gasteiger partial charge in [0.25, 0.3) is 0 Å². The third-order valence-corrected chi connectivity index (χ3v) is 5.40. The van der Waals surface area contributed by atoms with E-state index in [-0.39, 0.29) is 17.5 Å². The zero-order valence-corrected chi connectivity index (χ0v) is 12.5. The van der Waals surface area contributed by atoms with Gasteiger partial charge in [0.2, 0.25) is 10.0 Å². The summed E-state index contributed by atoms with van der Waals surface area (Å²) < 4.78 is 31.8. The summed E-state index contributed by atoms with van der Waals surface area (Å²) in [5, 5.41) is 9.26. The van der Waals surface area contributed by atoms with Crippen molar-refractivity contribution in [2.45, 2.75) is 37.1 Å². The van der Waals surface area contributed by atoms with Gasteiger partial charge in [-0.15, -0.1) is 0 Å². The largest absolute Gasteiger partial charge is 0.494 e. The van der Waals surface area contributed by atoms with E-state index in [1.54, 1.807) is 24.3 Å². The van der Waals surface area contributed by atoms with E-state index in [2.05, 4.69) is 0 Å². The van der Waals surface area contributed by atoms with Crippen LogP contribution in [0.4, 0.5) is 0 Å². The van der Waals surface area contributed by atoms with Gasteiger partial charge < -0.3 is 9.84 Å². The van der Waals surface area contributed by atoms with E-state index in [9.17, 15) is 13.5 Å². The molecule has 0 spiro atoms. The molecule has 1 aliphatic rings. The molecule has 112 valence electrons. The monoisotopic (exact) mass is 299 g/mol. The van der Waals surface area contributed by atoms with Crippen LogP contribution in [0.1, 0.15) is 26.2 Å². The maximum atomic E-state index is 12.5. The maximum Gasteiger partial charge on any atom is 0.243 e. The van der Waals surface area contributed by atoms with Crippen molar-refractivity contribution in [1.82, 2.24) is 4.31 Å². The van der Waals surface area contributed by atoms with Crippen LogP contribution in [0.5, 0.6) is 5.75 Å². The van der Waals surface area contributed by atoms with Crippen molar-refractivity contribution < 1.29 is 18.3 Å². The number of rotatable bonds is 6. The smallest absolute Gasteiger partial charge is 0.243 e. The first-order valence-corrected chi connectivity index (χ1v) is 8.39. The van der Waals surface area contributed by atoms with E-state index < -0.39 is 10.0 Å². The van der Waals surface area contributed by atoms with E-state index in [1.807, 2.05) is 6.92 Å². The molecule has 1 aliphatic heterocycles. The van der Waals surface area contributed by atoms with E-state index in [4.69, 9.17) is 4.74 Å². The SMILES string of the molecule is CCCOc1ccc(S(=O)(=O)N2CCCC2CO)cc1. The summed E-state index contributed by atoms with van der Waals surface area (Å²) in [5.41, 5.74) is 0. The Kier molecular flexibility index (Phi) is 5.01. The van der Waals surface area contributed by atoms with Crippen LogP contribution in [0, 0.1) is 0 Å². The van der Waals surface area contributed by atoms with Crippen LogP contribution in [0.2, 0.25) is 0 Å². The van der Waals surface area contributed by atoms with Gasteiger partial charge in [-0.1, -0.05) is 6.92 Å². The predicted molar refractivity (Wildman–Crippen MR) is 76.2 cm³/mol. The lowest BCUT2D eigenvalue weighted by Crippen LogP contribution is -2.37. The summed E-state index contributed by atoms with van der Waals surface area (Å²) in [7, 11) is -3.52. The Labute approximate surface area is 120 Å². The molecule has 1 heterocycles. The molecule has 0 radical (unpaired) electrons.